The molecular formula is C14H24O2. The maximum absolute atomic E-state index is 11.8. The van der Waals surface area contributed by atoms with Gasteiger partial charge in [0.2, 0.25) is 0 Å². The molecule has 0 spiro atoms. The predicted octanol–water partition coefficient (Wildman–Crippen LogP) is 3.59. The van der Waals surface area contributed by atoms with Crippen LogP contribution in [0.15, 0.2) is 24.8 Å². The van der Waals surface area contributed by atoms with Crippen molar-refractivity contribution < 1.29 is 9.53 Å². The van der Waals surface area contributed by atoms with E-state index in [1.807, 2.05) is 0 Å². The summed E-state index contributed by atoms with van der Waals surface area (Å²) in [5.74, 6) is 0.775. The van der Waals surface area contributed by atoms with Gasteiger partial charge in [0.15, 0.2) is 0 Å². The van der Waals surface area contributed by atoms with Crippen LogP contribution in [0.25, 0.3) is 0 Å². The van der Waals surface area contributed by atoms with Crippen molar-refractivity contribution in [3.8, 4) is 0 Å². The molecule has 0 saturated heterocycles. The van der Waals surface area contributed by atoms with Gasteiger partial charge < -0.3 is 4.74 Å². The molecule has 1 atom stereocenters. The van der Waals surface area contributed by atoms with Gasteiger partial charge in [0.05, 0.1) is 5.92 Å². The summed E-state index contributed by atoms with van der Waals surface area (Å²) in [5.41, 5.74) is 0. The maximum Gasteiger partial charge on any atom is 0.309 e. The van der Waals surface area contributed by atoms with E-state index in [2.05, 4.69) is 34.3 Å². The Labute approximate surface area is 99.4 Å². The number of hydrogen-bond acceptors (Lipinski definition) is 2. The Bertz CT molecular complexity index is 239. The maximum atomic E-state index is 11.8. The summed E-state index contributed by atoms with van der Waals surface area (Å²) in [6, 6.07) is 0. The lowest BCUT2D eigenvalue weighted by Crippen LogP contribution is -2.24. The van der Waals surface area contributed by atoms with Crippen LogP contribution < -0.4 is 0 Å². The van der Waals surface area contributed by atoms with Gasteiger partial charge >= 0.3 is 5.97 Å². The Kier molecular flexibility index (Phi) is 7.61. The van der Waals surface area contributed by atoms with Crippen LogP contribution in [0.3, 0.4) is 0 Å². The molecule has 0 aliphatic heterocycles. The quantitative estimate of drug-likeness (QED) is 0.488. The highest BCUT2D eigenvalue weighted by molar-refractivity contribution is 5.72. The summed E-state index contributed by atoms with van der Waals surface area (Å²) in [6.45, 7) is 12.3. The number of hydrogen-bond donors (Lipinski definition) is 0. The minimum atomic E-state index is -0.0857. The fraction of sp³-hybridized carbons (Fsp3) is 0.643. The highest BCUT2D eigenvalue weighted by atomic mass is 16.5. The number of rotatable bonds is 7. The van der Waals surface area contributed by atoms with Crippen molar-refractivity contribution in [3.05, 3.63) is 24.8 Å². The van der Waals surface area contributed by atoms with Gasteiger partial charge in [-0.05, 0) is 24.3 Å². The molecule has 0 fully saturated rings. The molecule has 0 saturated carbocycles. The first-order valence-corrected chi connectivity index (χ1v) is 5.93. The van der Waals surface area contributed by atoms with Gasteiger partial charge in [-0.3, -0.25) is 4.79 Å². The van der Waals surface area contributed by atoms with Gasteiger partial charge in [-0.15, -0.1) is 0 Å². The van der Waals surface area contributed by atoms with Gasteiger partial charge in [0.1, 0.15) is 6.61 Å². The molecule has 0 aliphatic carbocycles. The van der Waals surface area contributed by atoms with Crippen LogP contribution in [0, 0.1) is 17.8 Å². The number of ether oxygens (including phenoxy) is 1. The lowest BCUT2D eigenvalue weighted by Gasteiger charge is -2.20. The standard InChI is InChI=1S/C14H24O2/c1-6-7-8-9-16-14(15)13(12(4)5)10-11(2)3/h6-8,11-13H,1,9-10H2,2-5H3/b8-7+. The molecule has 1 unspecified atom stereocenters. The summed E-state index contributed by atoms with van der Waals surface area (Å²) < 4.78 is 5.19. The molecule has 0 bridgehead atoms. The first kappa shape index (κ1) is 14.9. The zero-order chi connectivity index (χ0) is 12.6. The SMILES string of the molecule is C=C/C=C/COC(=O)C(CC(C)C)C(C)C. The van der Waals surface area contributed by atoms with E-state index < -0.39 is 0 Å². The Morgan fingerprint density at radius 2 is 1.94 bits per heavy atom. The molecule has 0 aromatic carbocycles. The Hall–Kier alpha value is -1.05. The van der Waals surface area contributed by atoms with Crippen LogP contribution in [0.1, 0.15) is 34.1 Å². The zero-order valence-electron chi connectivity index (χ0n) is 10.9. The zero-order valence-corrected chi connectivity index (χ0v) is 10.9. The first-order chi connectivity index (χ1) is 7.49. The normalized spacial score (nSPS) is 13.4. The van der Waals surface area contributed by atoms with Gasteiger partial charge in [-0.1, -0.05) is 46.4 Å². The number of esters is 1. The van der Waals surface area contributed by atoms with Crippen molar-refractivity contribution in [2.24, 2.45) is 17.8 Å². The monoisotopic (exact) mass is 224 g/mol. The minimum Gasteiger partial charge on any atom is -0.461 e. The van der Waals surface area contributed by atoms with E-state index in [1.165, 1.54) is 0 Å². The molecule has 2 heteroatoms. The largest absolute Gasteiger partial charge is 0.461 e. The van der Waals surface area contributed by atoms with Gasteiger partial charge in [0.25, 0.3) is 0 Å². The van der Waals surface area contributed by atoms with Crippen LogP contribution in [0.2, 0.25) is 0 Å². The van der Waals surface area contributed by atoms with E-state index in [0.29, 0.717) is 18.4 Å². The van der Waals surface area contributed by atoms with Gasteiger partial charge in [-0.2, -0.15) is 0 Å². The smallest absolute Gasteiger partial charge is 0.309 e. The molecule has 16 heavy (non-hydrogen) atoms. The molecule has 0 amide bonds. The molecule has 92 valence electrons. The second-order valence-corrected chi connectivity index (χ2v) is 4.77. The molecule has 0 radical (unpaired) electrons. The van der Waals surface area contributed by atoms with Gasteiger partial charge in [0, 0.05) is 0 Å². The summed E-state index contributed by atoms with van der Waals surface area (Å²) in [5, 5.41) is 0. The van der Waals surface area contributed by atoms with Crippen LogP contribution in [-0.4, -0.2) is 12.6 Å². The Morgan fingerprint density at radius 3 is 2.38 bits per heavy atom. The third-order valence-corrected chi connectivity index (χ3v) is 2.43. The third-order valence-electron chi connectivity index (χ3n) is 2.43. The molecule has 0 N–H and O–H groups in total. The predicted molar refractivity (Wildman–Crippen MR) is 68.1 cm³/mol. The Morgan fingerprint density at radius 1 is 1.31 bits per heavy atom. The average molecular weight is 224 g/mol. The number of carbonyl (C=O) groups excluding carboxylic acids is 1. The van der Waals surface area contributed by atoms with E-state index in [0.717, 1.165) is 6.42 Å². The number of allylic oxidation sites excluding steroid dienone is 2. The van der Waals surface area contributed by atoms with Crippen molar-refractivity contribution in [1.29, 1.82) is 0 Å². The summed E-state index contributed by atoms with van der Waals surface area (Å²) in [4.78, 5) is 11.8. The van der Waals surface area contributed by atoms with Crippen molar-refractivity contribution >= 4 is 5.97 Å². The second-order valence-electron chi connectivity index (χ2n) is 4.77. The fourth-order valence-electron chi connectivity index (χ4n) is 1.54. The van der Waals surface area contributed by atoms with Crippen molar-refractivity contribution in [1.82, 2.24) is 0 Å². The second kappa shape index (κ2) is 8.14. The van der Waals surface area contributed by atoms with Crippen LogP contribution in [-0.2, 0) is 9.53 Å². The highest BCUT2D eigenvalue weighted by Crippen LogP contribution is 2.21. The topological polar surface area (TPSA) is 26.3 Å². The van der Waals surface area contributed by atoms with E-state index in [4.69, 9.17) is 4.74 Å². The van der Waals surface area contributed by atoms with Crippen LogP contribution in [0.5, 0.6) is 0 Å². The molecule has 0 rings (SSSR count). The van der Waals surface area contributed by atoms with E-state index in [-0.39, 0.29) is 11.9 Å². The highest BCUT2D eigenvalue weighted by Gasteiger charge is 2.24. The van der Waals surface area contributed by atoms with E-state index >= 15 is 0 Å². The van der Waals surface area contributed by atoms with Crippen molar-refractivity contribution in [2.45, 2.75) is 34.1 Å². The number of carbonyl (C=O) groups is 1. The molecular weight excluding hydrogens is 200 g/mol. The van der Waals surface area contributed by atoms with Crippen LogP contribution in [0.4, 0.5) is 0 Å². The summed E-state index contributed by atoms with van der Waals surface area (Å²) >= 11 is 0. The first-order valence-electron chi connectivity index (χ1n) is 5.93. The minimum absolute atomic E-state index is 0.0112. The van der Waals surface area contributed by atoms with E-state index in [9.17, 15) is 4.79 Å². The lowest BCUT2D eigenvalue weighted by molar-refractivity contribution is -0.149. The molecule has 0 aromatic heterocycles. The molecule has 2 nitrogen and oxygen atoms in total. The van der Waals surface area contributed by atoms with Crippen LogP contribution >= 0.6 is 0 Å². The van der Waals surface area contributed by atoms with Crippen molar-refractivity contribution in [2.75, 3.05) is 6.61 Å². The van der Waals surface area contributed by atoms with Gasteiger partial charge in [-0.25, -0.2) is 0 Å². The third kappa shape index (κ3) is 6.44. The average Bonchev–Trinajstić information content (AvgIpc) is 2.20. The summed E-state index contributed by atoms with van der Waals surface area (Å²) in [7, 11) is 0. The Balaban J connectivity index is 4.17. The molecule has 0 aromatic rings. The lowest BCUT2D eigenvalue weighted by atomic mass is 9.88. The van der Waals surface area contributed by atoms with E-state index in [1.54, 1.807) is 18.2 Å². The summed E-state index contributed by atoms with van der Waals surface area (Å²) in [6.07, 6.45) is 6.13. The molecule has 0 heterocycles. The fourth-order valence-corrected chi connectivity index (χ4v) is 1.54. The van der Waals surface area contributed by atoms with Crippen molar-refractivity contribution in [3.63, 3.8) is 0 Å². The molecule has 0 aliphatic rings.